The molecule has 1 rings (SSSR count). The van der Waals surface area contributed by atoms with Gasteiger partial charge in [0.05, 0.1) is 23.1 Å². The molecule has 0 aliphatic carbocycles. The Morgan fingerprint density at radius 2 is 2.44 bits per heavy atom. The summed E-state index contributed by atoms with van der Waals surface area (Å²) in [6.07, 6.45) is 4.42. The second-order valence-electron chi connectivity index (χ2n) is 4.12. The van der Waals surface area contributed by atoms with E-state index >= 15 is 0 Å². The Hall–Kier alpha value is -0.880. The van der Waals surface area contributed by atoms with Gasteiger partial charge in [-0.1, -0.05) is 6.92 Å². The molecule has 0 spiro atoms. The molecule has 1 heterocycles. The average Bonchev–Trinajstić information content (AvgIpc) is 2.74. The highest BCUT2D eigenvalue weighted by molar-refractivity contribution is 9.10. The zero-order chi connectivity index (χ0) is 13.4. The van der Waals surface area contributed by atoms with E-state index in [4.69, 9.17) is 4.74 Å². The van der Waals surface area contributed by atoms with Crippen LogP contribution in [0.1, 0.15) is 20.3 Å². The highest BCUT2D eigenvalue weighted by Gasteiger charge is 2.13. The van der Waals surface area contributed by atoms with E-state index in [-0.39, 0.29) is 11.8 Å². The minimum absolute atomic E-state index is 0.0538. The van der Waals surface area contributed by atoms with Crippen molar-refractivity contribution < 1.29 is 9.53 Å². The molecule has 1 atom stereocenters. The highest BCUT2D eigenvalue weighted by atomic mass is 79.9. The van der Waals surface area contributed by atoms with Gasteiger partial charge in [0.15, 0.2) is 0 Å². The van der Waals surface area contributed by atoms with Crippen molar-refractivity contribution in [1.82, 2.24) is 15.1 Å². The fraction of sp³-hybridized carbons (Fsp3) is 0.667. The number of aromatic nitrogens is 2. The van der Waals surface area contributed by atoms with Gasteiger partial charge in [-0.05, 0) is 29.3 Å². The quantitative estimate of drug-likeness (QED) is 0.744. The molecule has 18 heavy (non-hydrogen) atoms. The zero-order valence-electron chi connectivity index (χ0n) is 10.9. The summed E-state index contributed by atoms with van der Waals surface area (Å²) in [4.78, 5) is 11.8. The minimum atomic E-state index is -0.0936. The normalized spacial score (nSPS) is 12.4. The molecular weight excluding hydrogens is 298 g/mol. The predicted molar refractivity (Wildman–Crippen MR) is 73.2 cm³/mol. The molecule has 0 fully saturated rings. The van der Waals surface area contributed by atoms with Crippen molar-refractivity contribution in [3.05, 3.63) is 16.9 Å². The molecule has 1 aromatic heterocycles. The molecule has 0 saturated heterocycles. The molecule has 1 unspecified atom stereocenters. The van der Waals surface area contributed by atoms with E-state index in [0.717, 1.165) is 17.5 Å². The minimum Gasteiger partial charge on any atom is -0.382 e. The largest absolute Gasteiger partial charge is 0.382 e. The summed E-state index contributed by atoms with van der Waals surface area (Å²) < 4.78 is 7.89. The van der Waals surface area contributed by atoms with Gasteiger partial charge in [0.1, 0.15) is 0 Å². The maximum Gasteiger partial charge on any atom is 0.224 e. The Kier molecular flexibility index (Phi) is 6.97. The number of rotatable bonds is 8. The number of hydrogen-bond acceptors (Lipinski definition) is 3. The highest BCUT2D eigenvalue weighted by Crippen LogP contribution is 2.08. The molecule has 0 aromatic carbocycles. The van der Waals surface area contributed by atoms with Crippen LogP contribution in [-0.2, 0) is 16.1 Å². The van der Waals surface area contributed by atoms with Crippen LogP contribution in [-0.4, -0.2) is 35.4 Å². The van der Waals surface area contributed by atoms with Crippen molar-refractivity contribution in [2.24, 2.45) is 5.92 Å². The number of amides is 1. The summed E-state index contributed by atoms with van der Waals surface area (Å²) >= 11 is 3.33. The molecule has 0 aliphatic heterocycles. The lowest BCUT2D eigenvalue weighted by molar-refractivity contribution is -0.125. The van der Waals surface area contributed by atoms with Crippen LogP contribution in [0.15, 0.2) is 16.9 Å². The SMILES string of the molecule is CCOCCCNC(=O)C(C)Cn1cc(Br)cn1. The van der Waals surface area contributed by atoms with Crippen LogP contribution in [0.25, 0.3) is 0 Å². The third-order valence-electron chi connectivity index (χ3n) is 2.48. The third-order valence-corrected chi connectivity index (χ3v) is 2.89. The lowest BCUT2D eigenvalue weighted by Crippen LogP contribution is -2.32. The average molecular weight is 318 g/mol. The van der Waals surface area contributed by atoms with Gasteiger partial charge in [0, 0.05) is 26.0 Å². The second-order valence-corrected chi connectivity index (χ2v) is 5.04. The smallest absolute Gasteiger partial charge is 0.224 e. The summed E-state index contributed by atoms with van der Waals surface area (Å²) in [5, 5.41) is 7.03. The molecule has 6 heteroatoms. The fourth-order valence-electron chi connectivity index (χ4n) is 1.51. The van der Waals surface area contributed by atoms with Crippen LogP contribution in [0.4, 0.5) is 0 Å². The summed E-state index contributed by atoms with van der Waals surface area (Å²) in [6.45, 7) is 6.51. The van der Waals surface area contributed by atoms with Crippen molar-refractivity contribution >= 4 is 21.8 Å². The van der Waals surface area contributed by atoms with Gasteiger partial charge in [0.2, 0.25) is 5.91 Å². The van der Waals surface area contributed by atoms with Gasteiger partial charge in [-0.2, -0.15) is 5.10 Å². The van der Waals surface area contributed by atoms with Crippen molar-refractivity contribution in [1.29, 1.82) is 0 Å². The van der Waals surface area contributed by atoms with Crippen LogP contribution < -0.4 is 5.32 Å². The maximum absolute atomic E-state index is 11.8. The number of halogens is 1. The molecule has 0 radical (unpaired) electrons. The molecule has 102 valence electrons. The van der Waals surface area contributed by atoms with Crippen LogP contribution >= 0.6 is 15.9 Å². The van der Waals surface area contributed by atoms with E-state index in [2.05, 4.69) is 26.3 Å². The zero-order valence-corrected chi connectivity index (χ0v) is 12.4. The number of carbonyl (C=O) groups excluding carboxylic acids is 1. The molecule has 1 N–H and O–H groups in total. The van der Waals surface area contributed by atoms with Gasteiger partial charge in [0.25, 0.3) is 0 Å². The molecule has 5 nitrogen and oxygen atoms in total. The van der Waals surface area contributed by atoms with Gasteiger partial charge in [-0.25, -0.2) is 0 Å². The Labute approximate surface area is 116 Å². The van der Waals surface area contributed by atoms with Crippen molar-refractivity contribution in [2.45, 2.75) is 26.8 Å². The first-order chi connectivity index (χ1) is 8.63. The van der Waals surface area contributed by atoms with E-state index in [1.165, 1.54) is 0 Å². The number of hydrogen-bond donors (Lipinski definition) is 1. The first-order valence-electron chi connectivity index (χ1n) is 6.17. The lowest BCUT2D eigenvalue weighted by Gasteiger charge is -2.12. The van der Waals surface area contributed by atoms with E-state index in [1.54, 1.807) is 10.9 Å². The van der Waals surface area contributed by atoms with Crippen LogP contribution in [0, 0.1) is 5.92 Å². The monoisotopic (exact) mass is 317 g/mol. The van der Waals surface area contributed by atoms with E-state index in [0.29, 0.717) is 19.7 Å². The molecule has 1 amide bonds. The van der Waals surface area contributed by atoms with Crippen LogP contribution in [0.2, 0.25) is 0 Å². The first-order valence-corrected chi connectivity index (χ1v) is 6.96. The first kappa shape index (κ1) is 15.2. The Bertz CT molecular complexity index is 368. The Balaban J connectivity index is 2.20. The summed E-state index contributed by atoms with van der Waals surface area (Å²) in [6, 6.07) is 0. The Morgan fingerprint density at radius 3 is 3.06 bits per heavy atom. The van der Waals surface area contributed by atoms with Gasteiger partial charge in [-0.3, -0.25) is 9.48 Å². The molecule has 0 bridgehead atoms. The summed E-state index contributed by atoms with van der Waals surface area (Å²) in [7, 11) is 0. The predicted octanol–water partition coefficient (Wildman–Crippen LogP) is 1.82. The van der Waals surface area contributed by atoms with Crippen LogP contribution in [0.5, 0.6) is 0 Å². The topological polar surface area (TPSA) is 56.1 Å². The van der Waals surface area contributed by atoms with Gasteiger partial charge >= 0.3 is 0 Å². The van der Waals surface area contributed by atoms with Crippen molar-refractivity contribution in [3.8, 4) is 0 Å². The lowest BCUT2D eigenvalue weighted by atomic mass is 10.1. The Morgan fingerprint density at radius 1 is 1.67 bits per heavy atom. The number of nitrogens with zero attached hydrogens (tertiary/aromatic N) is 2. The second kappa shape index (κ2) is 8.26. The van der Waals surface area contributed by atoms with E-state index < -0.39 is 0 Å². The van der Waals surface area contributed by atoms with E-state index in [1.807, 2.05) is 20.0 Å². The maximum atomic E-state index is 11.8. The van der Waals surface area contributed by atoms with Gasteiger partial charge in [-0.15, -0.1) is 0 Å². The summed E-state index contributed by atoms with van der Waals surface area (Å²) in [5.74, 6) is -0.0398. The van der Waals surface area contributed by atoms with Gasteiger partial charge < -0.3 is 10.1 Å². The molecule has 0 aliphatic rings. The van der Waals surface area contributed by atoms with Crippen LogP contribution in [0.3, 0.4) is 0 Å². The van der Waals surface area contributed by atoms with Crippen molar-refractivity contribution in [2.75, 3.05) is 19.8 Å². The van der Waals surface area contributed by atoms with E-state index in [9.17, 15) is 4.79 Å². The standard InChI is InChI=1S/C12H20BrN3O2/c1-3-18-6-4-5-14-12(17)10(2)8-16-9-11(13)7-15-16/h7,9-10H,3-6,8H2,1-2H3,(H,14,17). The third kappa shape index (κ3) is 5.64. The number of carbonyl (C=O) groups is 1. The summed E-state index contributed by atoms with van der Waals surface area (Å²) in [5.41, 5.74) is 0. The molecular formula is C12H20BrN3O2. The number of ether oxygens (including phenoxy) is 1. The molecule has 0 saturated carbocycles. The number of nitrogens with one attached hydrogen (secondary N) is 1. The van der Waals surface area contributed by atoms with Crippen molar-refractivity contribution in [3.63, 3.8) is 0 Å². The fourth-order valence-corrected chi connectivity index (χ4v) is 1.83. The molecule has 1 aromatic rings.